The highest BCUT2D eigenvalue weighted by molar-refractivity contribution is 8.01. The van der Waals surface area contributed by atoms with Gasteiger partial charge in [-0.2, -0.15) is 0 Å². The smallest absolute Gasteiger partial charge is 0.261 e. The van der Waals surface area contributed by atoms with E-state index >= 15 is 0 Å². The fourth-order valence-electron chi connectivity index (χ4n) is 6.18. The van der Waals surface area contributed by atoms with Gasteiger partial charge in [-0.3, -0.25) is 4.72 Å². The maximum atomic E-state index is 14.3. The normalized spacial score (nSPS) is 14.0. The molecule has 4 N–H and O–H groups in total. The third-order valence-electron chi connectivity index (χ3n) is 10.1. The number of phenols is 3. The van der Waals surface area contributed by atoms with Crippen molar-refractivity contribution in [1.29, 1.82) is 0 Å². The number of benzene rings is 5. The van der Waals surface area contributed by atoms with Crippen LogP contribution in [-0.4, -0.2) is 23.7 Å². The summed E-state index contributed by atoms with van der Waals surface area (Å²) in [6, 6.07) is 22.6. The minimum atomic E-state index is -4.10. The Labute approximate surface area is 362 Å². The summed E-state index contributed by atoms with van der Waals surface area (Å²) in [6.45, 7) is 27.3. The Balaban J connectivity index is 1.74. The van der Waals surface area contributed by atoms with Crippen molar-refractivity contribution in [2.24, 2.45) is 0 Å². The lowest BCUT2D eigenvalue weighted by Gasteiger charge is -2.27. The molecule has 6 rings (SSSR count). The Kier molecular flexibility index (Phi) is 11.9. The van der Waals surface area contributed by atoms with Crippen molar-refractivity contribution in [3.63, 3.8) is 0 Å². The average molecular weight is 874 g/mol. The lowest BCUT2D eigenvalue weighted by molar-refractivity contribution is 0.443. The van der Waals surface area contributed by atoms with Gasteiger partial charge in [0, 0.05) is 9.79 Å². The first kappa shape index (κ1) is 44.2. The number of nitrogens with one attached hydrogen (secondary N) is 1. The molecule has 0 unspecified atom stereocenters. The first-order chi connectivity index (χ1) is 26.6. The molecule has 5 aromatic rings. The molecule has 0 saturated carbocycles. The molecule has 0 aliphatic carbocycles. The molecule has 0 atom stereocenters. The number of rotatable bonds is 3. The molecule has 0 radical (unpaired) electrons. The molecule has 308 valence electrons. The van der Waals surface area contributed by atoms with Crippen molar-refractivity contribution in [1.82, 2.24) is 0 Å². The monoisotopic (exact) mass is 873 g/mol. The van der Waals surface area contributed by atoms with E-state index in [1.54, 1.807) is 24.3 Å². The first-order valence-corrected chi connectivity index (χ1v) is 24.0. The van der Waals surface area contributed by atoms with Gasteiger partial charge < -0.3 is 15.3 Å². The summed E-state index contributed by atoms with van der Waals surface area (Å²) in [5, 5.41) is 36.5. The quantitative estimate of drug-likeness (QED) is 0.138. The number of hydrogen-bond donors (Lipinski definition) is 4. The van der Waals surface area contributed by atoms with E-state index in [9.17, 15) is 23.7 Å². The van der Waals surface area contributed by atoms with E-state index in [-0.39, 0.29) is 43.8 Å². The Hall–Kier alpha value is -3.35. The summed E-state index contributed by atoms with van der Waals surface area (Å²) in [6.07, 6.45) is 0. The highest BCUT2D eigenvalue weighted by Crippen LogP contribution is 2.55. The van der Waals surface area contributed by atoms with Crippen molar-refractivity contribution in [3.05, 3.63) is 101 Å². The van der Waals surface area contributed by atoms with Gasteiger partial charge in [0.1, 0.15) is 17.2 Å². The minimum Gasteiger partial charge on any atom is -0.506 e. The summed E-state index contributed by atoms with van der Waals surface area (Å²) < 4.78 is 31.6. The molecule has 0 spiro atoms. The summed E-state index contributed by atoms with van der Waals surface area (Å²) in [5.74, 6) is 0.128. The zero-order valence-electron chi connectivity index (χ0n) is 35.6. The van der Waals surface area contributed by atoms with Gasteiger partial charge in [-0.1, -0.05) is 148 Å². The van der Waals surface area contributed by atoms with E-state index in [1.165, 1.54) is 47.0 Å². The SMILES string of the molecule is Cc1ccc(S(=O)(=O)Nc2c3cc(C(C)(C)C)cc2Sc2cc(C(C)(C)C)cc(c2O)Sc2cc(C(C)(C)C)cc(c2O)Sc2cc(C(C)(C)C)cc(c2O)S3)cc1. The van der Waals surface area contributed by atoms with Crippen LogP contribution < -0.4 is 4.72 Å². The lowest BCUT2D eigenvalue weighted by Crippen LogP contribution is -2.16. The maximum absolute atomic E-state index is 14.3. The standard InChI is InChI=1S/C47H55NO5S5/c1-26-14-16-31(17-15-26)58(52,53)48-40-32-18-27(44(2,3)4)19-33(40)55-35-21-29(46(8,9)10)23-37(42(35)50)57-39-25-30(47(11,12)13)24-38(43(39)51)56-36-22-28(45(5,6)7)20-34(54-32)41(36)49/h14-25,48-51H,1-13H3. The van der Waals surface area contributed by atoms with Gasteiger partial charge in [0.25, 0.3) is 10.0 Å². The van der Waals surface area contributed by atoms with E-state index in [2.05, 4.69) is 87.8 Å². The zero-order valence-corrected chi connectivity index (χ0v) is 39.7. The number of sulfonamides is 1. The van der Waals surface area contributed by atoms with E-state index in [0.29, 0.717) is 44.9 Å². The van der Waals surface area contributed by atoms with E-state index in [4.69, 9.17) is 0 Å². The number of anilines is 1. The third-order valence-corrected chi connectivity index (χ3v) is 15.7. The van der Waals surface area contributed by atoms with Crippen LogP contribution in [0.25, 0.3) is 0 Å². The molecule has 0 amide bonds. The van der Waals surface area contributed by atoms with Crippen molar-refractivity contribution < 1.29 is 23.7 Å². The van der Waals surface area contributed by atoms with Crippen molar-refractivity contribution in [2.75, 3.05) is 4.72 Å². The molecule has 0 aromatic heterocycles. The molecular formula is C47H55NO5S5. The molecule has 0 fully saturated rings. The van der Waals surface area contributed by atoms with Crippen LogP contribution in [0.4, 0.5) is 5.69 Å². The van der Waals surface area contributed by atoms with Crippen LogP contribution in [0, 0.1) is 6.92 Å². The molecule has 8 bridgehead atoms. The summed E-state index contributed by atoms with van der Waals surface area (Å²) in [4.78, 5) is 4.65. The van der Waals surface area contributed by atoms with Gasteiger partial charge in [-0.15, -0.1) is 0 Å². The third kappa shape index (κ3) is 9.49. The molecule has 0 saturated heterocycles. The van der Waals surface area contributed by atoms with Gasteiger partial charge in [0.2, 0.25) is 0 Å². The largest absolute Gasteiger partial charge is 0.506 e. The molecule has 11 heteroatoms. The van der Waals surface area contributed by atoms with Crippen LogP contribution in [0.15, 0.2) is 117 Å². The van der Waals surface area contributed by atoms with Crippen molar-refractivity contribution >= 4 is 62.8 Å². The second kappa shape index (κ2) is 15.6. The highest BCUT2D eigenvalue weighted by Gasteiger charge is 2.30. The Morgan fingerprint density at radius 2 is 0.672 bits per heavy atom. The van der Waals surface area contributed by atoms with Gasteiger partial charge in [-0.25, -0.2) is 8.42 Å². The number of phenolic OH excluding ortho intramolecular Hbond substituents is 3. The molecule has 1 aliphatic heterocycles. The maximum Gasteiger partial charge on any atom is 0.261 e. The van der Waals surface area contributed by atoms with Crippen molar-refractivity contribution in [3.8, 4) is 17.2 Å². The zero-order chi connectivity index (χ0) is 42.9. The van der Waals surface area contributed by atoms with Gasteiger partial charge >= 0.3 is 0 Å². The van der Waals surface area contributed by atoms with Gasteiger partial charge in [0.15, 0.2) is 0 Å². The molecule has 1 heterocycles. The average Bonchev–Trinajstić information content (AvgIpc) is 3.08. The lowest BCUT2D eigenvalue weighted by atomic mass is 9.87. The number of aryl methyl sites for hydroxylation is 1. The highest BCUT2D eigenvalue weighted by atomic mass is 32.2. The van der Waals surface area contributed by atoms with Crippen molar-refractivity contribution in [2.45, 2.75) is 156 Å². The van der Waals surface area contributed by atoms with Gasteiger partial charge in [0.05, 0.1) is 40.0 Å². The Bertz CT molecular complexity index is 2400. The number of hydrogen-bond acceptors (Lipinski definition) is 9. The number of aromatic hydroxyl groups is 3. The van der Waals surface area contributed by atoms with E-state index in [0.717, 1.165) is 27.8 Å². The minimum absolute atomic E-state index is 0.0326. The molecule has 58 heavy (non-hydrogen) atoms. The summed E-state index contributed by atoms with van der Waals surface area (Å²) in [5.41, 5.74) is 3.91. The van der Waals surface area contributed by atoms with E-state index in [1.807, 2.05) is 55.5 Å². The molecule has 5 aromatic carbocycles. The fourth-order valence-corrected chi connectivity index (χ4v) is 11.9. The molecule has 6 nitrogen and oxygen atoms in total. The van der Waals surface area contributed by atoms with Crippen LogP contribution in [0.5, 0.6) is 17.2 Å². The van der Waals surface area contributed by atoms with Crippen LogP contribution in [0.1, 0.15) is 111 Å². The second-order valence-corrected chi connectivity index (χ2v) is 25.2. The van der Waals surface area contributed by atoms with Crippen LogP contribution in [0.2, 0.25) is 0 Å². The van der Waals surface area contributed by atoms with Gasteiger partial charge in [-0.05, 0) is 112 Å². The Morgan fingerprint density at radius 3 is 0.931 bits per heavy atom. The van der Waals surface area contributed by atoms with Crippen LogP contribution in [0.3, 0.4) is 0 Å². The molecule has 1 aliphatic rings. The van der Waals surface area contributed by atoms with E-state index < -0.39 is 10.0 Å². The number of fused-ring (bicyclic) bond motifs is 8. The predicted molar refractivity (Wildman–Crippen MR) is 244 cm³/mol. The van der Waals surface area contributed by atoms with Crippen LogP contribution >= 0.6 is 47.0 Å². The topological polar surface area (TPSA) is 107 Å². The molecular weight excluding hydrogens is 819 g/mol. The first-order valence-electron chi connectivity index (χ1n) is 19.2. The second-order valence-electron chi connectivity index (χ2n) is 19.1. The predicted octanol–water partition coefficient (Wildman–Crippen LogP) is 14.0. The summed E-state index contributed by atoms with van der Waals surface area (Å²) in [7, 11) is -4.10. The Morgan fingerprint density at radius 1 is 0.431 bits per heavy atom. The fraction of sp³-hybridized carbons (Fsp3) is 0.362. The van der Waals surface area contributed by atoms with Crippen LogP contribution in [-0.2, 0) is 31.7 Å². The summed E-state index contributed by atoms with van der Waals surface area (Å²) >= 11 is 5.17.